The lowest BCUT2D eigenvalue weighted by molar-refractivity contribution is 0.620. The predicted molar refractivity (Wildman–Crippen MR) is 65.5 cm³/mol. The smallest absolute Gasteiger partial charge is 0.00441 e. The van der Waals surface area contributed by atoms with Crippen molar-refractivity contribution in [2.24, 2.45) is 0 Å². The fraction of sp³-hybridized carbons (Fsp3) is 0.833. The van der Waals surface area contributed by atoms with Gasteiger partial charge in [0.1, 0.15) is 0 Å². The Morgan fingerprint density at radius 3 is 2.46 bits per heavy atom. The summed E-state index contributed by atoms with van der Waals surface area (Å²) in [6.45, 7) is 8.32. The van der Waals surface area contributed by atoms with Gasteiger partial charge in [0, 0.05) is 5.25 Å². The highest BCUT2D eigenvalue weighted by Gasteiger charge is 2.04. The van der Waals surface area contributed by atoms with Gasteiger partial charge in [-0.15, -0.1) is 6.58 Å². The van der Waals surface area contributed by atoms with Crippen LogP contribution in [-0.2, 0) is 0 Å². The van der Waals surface area contributed by atoms with Crippen LogP contribution >= 0.6 is 11.8 Å². The normalized spacial score (nSPS) is 12.8. The van der Waals surface area contributed by atoms with Crippen LogP contribution in [0.25, 0.3) is 0 Å². The van der Waals surface area contributed by atoms with Crippen molar-refractivity contribution in [2.75, 3.05) is 6.26 Å². The third kappa shape index (κ3) is 8.42. The number of hydrogen-bond donors (Lipinski definition) is 0. The van der Waals surface area contributed by atoms with Gasteiger partial charge < -0.3 is 0 Å². The summed E-state index contributed by atoms with van der Waals surface area (Å²) < 4.78 is 0. The van der Waals surface area contributed by atoms with E-state index in [1.54, 1.807) is 0 Å². The summed E-state index contributed by atoms with van der Waals surface area (Å²) in [5.41, 5.74) is 1.33. The van der Waals surface area contributed by atoms with Gasteiger partial charge in [-0.2, -0.15) is 11.8 Å². The van der Waals surface area contributed by atoms with Crippen molar-refractivity contribution in [3.05, 3.63) is 12.2 Å². The molecular formula is C12H24S. The van der Waals surface area contributed by atoms with Crippen LogP contribution in [0.5, 0.6) is 0 Å². The molecule has 0 nitrogen and oxygen atoms in total. The maximum atomic E-state index is 3.92. The minimum Gasteiger partial charge on any atom is -0.162 e. The van der Waals surface area contributed by atoms with Crippen molar-refractivity contribution in [3.8, 4) is 0 Å². The van der Waals surface area contributed by atoms with E-state index in [4.69, 9.17) is 0 Å². The Hall–Kier alpha value is 0.0900. The molecule has 0 spiro atoms. The van der Waals surface area contributed by atoms with Crippen LogP contribution in [0.15, 0.2) is 12.2 Å². The molecule has 13 heavy (non-hydrogen) atoms. The molecule has 0 aromatic rings. The number of allylic oxidation sites excluding steroid dienone is 1. The zero-order valence-corrected chi connectivity index (χ0v) is 10.3. The summed E-state index contributed by atoms with van der Waals surface area (Å²) in [5, 5.41) is 0.898. The topological polar surface area (TPSA) is 0 Å². The van der Waals surface area contributed by atoms with Crippen LogP contribution in [0.4, 0.5) is 0 Å². The van der Waals surface area contributed by atoms with E-state index in [0.29, 0.717) is 0 Å². The maximum Gasteiger partial charge on any atom is 0.00441 e. The minimum atomic E-state index is 0.898. The van der Waals surface area contributed by atoms with Crippen LogP contribution < -0.4 is 0 Å². The third-order valence-corrected chi connectivity index (χ3v) is 3.46. The number of unbranched alkanes of at least 4 members (excludes halogenated alkanes) is 1. The monoisotopic (exact) mass is 200 g/mol. The van der Waals surface area contributed by atoms with Crippen molar-refractivity contribution < 1.29 is 0 Å². The molecule has 0 N–H and O–H groups in total. The molecule has 0 aromatic carbocycles. The second-order valence-electron chi connectivity index (χ2n) is 3.85. The van der Waals surface area contributed by atoms with Crippen LogP contribution in [0.3, 0.4) is 0 Å². The van der Waals surface area contributed by atoms with Crippen molar-refractivity contribution >= 4 is 11.8 Å². The van der Waals surface area contributed by atoms with E-state index in [1.807, 2.05) is 11.8 Å². The van der Waals surface area contributed by atoms with Crippen LogP contribution in [0.1, 0.15) is 52.4 Å². The van der Waals surface area contributed by atoms with Crippen molar-refractivity contribution in [1.29, 1.82) is 0 Å². The Morgan fingerprint density at radius 1 is 1.31 bits per heavy atom. The molecule has 1 heteroatoms. The second-order valence-corrected chi connectivity index (χ2v) is 4.99. The molecular weight excluding hydrogens is 176 g/mol. The highest BCUT2D eigenvalue weighted by Crippen LogP contribution is 2.20. The van der Waals surface area contributed by atoms with E-state index < -0.39 is 0 Å². The summed E-state index contributed by atoms with van der Waals surface area (Å²) in [7, 11) is 0. The van der Waals surface area contributed by atoms with E-state index in [1.165, 1.54) is 44.1 Å². The van der Waals surface area contributed by atoms with Crippen molar-refractivity contribution in [2.45, 2.75) is 57.6 Å². The fourth-order valence-electron chi connectivity index (χ4n) is 1.50. The summed E-state index contributed by atoms with van der Waals surface area (Å²) in [6, 6.07) is 0. The molecule has 0 saturated heterocycles. The number of hydrogen-bond acceptors (Lipinski definition) is 1. The van der Waals surface area contributed by atoms with Gasteiger partial charge in [0.2, 0.25) is 0 Å². The standard InChI is InChI=1S/C12H24S/c1-5-8-12(13-4)10-7-6-9-11(2)3/h12H,2,5-10H2,1,3-4H3. The minimum absolute atomic E-state index is 0.898. The first-order valence-corrected chi connectivity index (χ1v) is 6.66. The average Bonchev–Trinajstić information content (AvgIpc) is 2.10. The third-order valence-electron chi connectivity index (χ3n) is 2.32. The first kappa shape index (κ1) is 13.1. The van der Waals surface area contributed by atoms with E-state index in [0.717, 1.165) is 5.25 Å². The molecule has 0 heterocycles. The first-order chi connectivity index (χ1) is 6.20. The van der Waals surface area contributed by atoms with Gasteiger partial charge in [-0.3, -0.25) is 0 Å². The Morgan fingerprint density at radius 2 is 2.00 bits per heavy atom. The predicted octanol–water partition coefficient (Wildman–Crippen LogP) is 4.65. The van der Waals surface area contributed by atoms with Gasteiger partial charge in [-0.05, 0) is 38.9 Å². The quantitative estimate of drug-likeness (QED) is 0.406. The molecule has 0 bridgehead atoms. The zero-order valence-electron chi connectivity index (χ0n) is 9.44. The van der Waals surface area contributed by atoms with Crippen LogP contribution in [0, 0.1) is 0 Å². The number of thioether (sulfide) groups is 1. The maximum absolute atomic E-state index is 3.92. The van der Waals surface area contributed by atoms with Gasteiger partial charge >= 0.3 is 0 Å². The molecule has 78 valence electrons. The Bertz CT molecular complexity index is 129. The Balaban J connectivity index is 3.32. The molecule has 0 aliphatic carbocycles. The van der Waals surface area contributed by atoms with E-state index in [2.05, 4.69) is 26.7 Å². The van der Waals surface area contributed by atoms with Gasteiger partial charge in [0.05, 0.1) is 0 Å². The first-order valence-electron chi connectivity index (χ1n) is 5.37. The summed E-state index contributed by atoms with van der Waals surface area (Å²) in [6.07, 6.45) is 10.3. The van der Waals surface area contributed by atoms with Gasteiger partial charge in [0.15, 0.2) is 0 Å². The SMILES string of the molecule is C=C(C)CCCCC(CCC)SC. The number of rotatable bonds is 8. The van der Waals surface area contributed by atoms with Crippen LogP contribution in [0.2, 0.25) is 0 Å². The van der Waals surface area contributed by atoms with Crippen LogP contribution in [-0.4, -0.2) is 11.5 Å². The van der Waals surface area contributed by atoms with E-state index in [9.17, 15) is 0 Å². The average molecular weight is 200 g/mol. The van der Waals surface area contributed by atoms with Gasteiger partial charge in [-0.25, -0.2) is 0 Å². The molecule has 0 aromatic heterocycles. The molecule has 0 amide bonds. The van der Waals surface area contributed by atoms with Gasteiger partial charge in [0.25, 0.3) is 0 Å². The second kappa shape index (κ2) is 8.68. The molecule has 0 aliphatic heterocycles. The molecule has 0 radical (unpaired) electrons. The molecule has 0 saturated carbocycles. The van der Waals surface area contributed by atoms with Gasteiger partial charge in [-0.1, -0.05) is 25.3 Å². The molecule has 1 unspecified atom stereocenters. The van der Waals surface area contributed by atoms with E-state index in [-0.39, 0.29) is 0 Å². The van der Waals surface area contributed by atoms with Crippen molar-refractivity contribution in [3.63, 3.8) is 0 Å². The highest BCUT2D eigenvalue weighted by molar-refractivity contribution is 7.99. The lowest BCUT2D eigenvalue weighted by atomic mass is 10.1. The van der Waals surface area contributed by atoms with Crippen molar-refractivity contribution in [1.82, 2.24) is 0 Å². The lowest BCUT2D eigenvalue weighted by Gasteiger charge is -2.12. The summed E-state index contributed by atoms with van der Waals surface area (Å²) >= 11 is 2.03. The zero-order chi connectivity index (χ0) is 10.1. The molecule has 0 rings (SSSR count). The highest BCUT2D eigenvalue weighted by atomic mass is 32.2. The Kier molecular flexibility index (Phi) is 8.74. The molecule has 0 fully saturated rings. The lowest BCUT2D eigenvalue weighted by Crippen LogP contribution is -2.00. The van der Waals surface area contributed by atoms with E-state index >= 15 is 0 Å². The largest absolute Gasteiger partial charge is 0.162 e. The molecule has 0 aliphatic rings. The molecule has 1 atom stereocenters. The summed E-state index contributed by atoms with van der Waals surface area (Å²) in [4.78, 5) is 0. The Labute approximate surface area is 88.2 Å². The fourth-order valence-corrected chi connectivity index (χ4v) is 2.37. The summed E-state index contributed by atoms with van der Waals surface area (Å²) in [5.74, 6) is 0.